The lowest BCUT2D eigenvalue weighted by molar-refractivity contribution is -0.140. The van der Waals surface area contributed by atoms with Gasteiger partial charge in [0.2, 0.25) is 0 Å². The lowest BCUT2D eigenvalue weighted by Gasteiger charge is -2.13. The number of aliphatic hydroxyl groups is 1. The normalized spacial score (nSPS) is 15.0. The molecule has 3 aromatic carbocycles. The Balaban J connectivity index is 1.29. The zero-order valence-corrected chi connectivity index (χ0v) is 19.6. The van der Waals surface area contributed by atoms with Gasteiger partial charge in [0.1, 0.15) is 0 Å². The van der Waals surface area contributed by atoms with Crippen LogP contribution in [0, 0.1) is 6.92 Å². The Bertz CT molecular complexity index is 1310. The van der Waals surface area contributed by atoms with Crippen molar-refractivity contribution in [1.29, 1.82) is 0 Å². The minimum absolute atomic E-state index is 0.381. The van der Waals surface area contributed by atoms with Crippen LogP contribution in [0.3, 0.4) is 0 Å². The minimum Gasteiger partial charge on any atom is -0.481 e. The molecule has 1 aromatic heterocycles. The molecule has 35 heavy (non-hydrogen) atoms. The summed E-state index contributed by atoms with van der Waals surface area (Å²) >= 11 is 0. The van der Waals surface area contributed by atoms with Crippen LogP contribution in [0.2, 0.25) is 0 Å². The van der Waals surface area contributed by atoms with E-state index in [1.54, 1.807) is 0 Å². The highest BCUT2D eigenvalue weighted by Crippen LogP contribution is 2.48. The van der Waals surface area contributed by atoms with Gasteiger partial charge in [0, 0.05) is 18.7 Å². The van der Waals surface area contributed by atoms with E-state index in [9.17, 15) is 15.0 Å². The first-order valence-corrected chi connectivity index (χ1v) is 11.8. The zero-order chi connectivity index (χ0) is 24.4. The van der Waals surface area contributed by atoms with Gasteiger partial charge < -0.3 is 20.1 Å². The number of carboxylic acids is 1. The topological polar surface area (TPSA) is 95.6 Å². The fourth-order valence-electron chi connectivity index (χ4n) is 4.58. The average molecular weight is 469 g/mol. The van der Waals surface area contributed by atoms with E-state index in [1.807, 2.05) is 85.8 Å². The van der Waals surface area contributed by atoms with Crippen LogP contribution >= 0.6 is 0 Å². The van der Waals surface area contributed by atoms with Crippen molar-refractivity contribution >= 4 is 5.97 Å². The predicted octanol–water partition coefficient (Wildman–Crippen LogP) is 5.26. The van der Waals surface area contributed by atoms with Crippen molar-refractivity contribution in [2.24, 2.45) is 0 Å². The maximum atomic E-state index is 11.6. The largest absolute Gasteiger partial charge is 0.481 e. The highest BCUT2D eigenvalue weighted by Gasteiger charge is 2.51. The van der Waals surface area contributed by atoms with Crippen molar-refractivity contribution in [2.75, 3.05) is 6.54 Å². The van der Waals surface area contributed by atoms with Crippen LogP contribution in [0.5, 0.6) is 0 Å². The summed E-state index contributed by atoms with van der Waals surface area (Å²) in [7, 11) is 0. The SMILES string of the molecule is Cc1noc(-c2ccc(-c3ccc(C4(C(=O)O)CC4)cc3)cc2)c1C(O)CNCc1ccccc1. The van der Waals surface area contributed by atoms with E-state index >= 15 is 0 Å². The summed E-state index contributed by atoms with van der Waals surface area (Å²) in [5.41, 5.74) is 5.55. The lowest BCUT2D eigenvalue weighted by Crippen LogP contribution is -2.21. The molecular weight excluding hydrogens is 440 g/mol. The molecule has 1 atom stereocenters. The van der Waals surface area contributed by atoms with Crippen LogP contribution in [-0.2, 0) is 16.8 Å². The summed E-state index contributed by atoms with van der Waals surface area (Å²) in [6.07, 6.45) is 0.641. The van der Waals surface area contributed by atoms with Gasteiger partial charge in [-0.3, -0.25) is 4.79 Å². The molecule has 3 N–H and O–H groups in total. The van der Waals surface area contributed by atoms with Gasteiger partial charge in [-0.15, -0.1) is 0 Å². The van der Waals surface area contributed by atoms with Crippen LogP contribution in [0.1, 0.15) is 41.3 Å². The van der Waals surface area contributed by atoms with Gasteiger partial charge in [0.25, 0.3) is 0 Å². The number of carbonyl (C=O) groups is 1. The fourth-order valence-corrected chi connectivity index (χ4v) is 4.58. The summed E-state index contributed by atoms with van der Waals surface area (Å²) in [5.74, 6) is -0.180. The molecular formula is C29H28N2O4. The minimum atomic E-state index is -0.754. The smallest absolute Gasteiger partial charge is 0.314 e. The number of nitrogens with zero attached hydrogens (tertiary/aromatic N) is 1. The Hall–Kier alpha value is -3.74. The maximum Gasteiger partial charge on any atom is 0.314 e. The molecule has 0 saturated heterocycles. The van der Waals surface area contributed by atoms with Gasteiger partial charge in [0.05, 0.1) is 22.8 Å². The van der Waals surface area contributed by atoms with Gasteiger partial charge >= 0.3 is 5.97 Å². The van der Waals surface area contributed by atoms with Crippen LogP contribution in [-0.4, -0.2) is 27.9 Å². The molecule has 4 aromatic rings. The molecule has 0 aliphatic heterocycles. The van der Waals surface area contributed by atoms with Crippen molar-refractivity contribution in [3.05, 3.63) is 101 Å². The van der Waals surface area contributed by atoms with Gasteiger partial charge in [-0.2, -0.15) is 0 Å². The summed E-state index contributed by atoms with van der Waals surface area (Å²) < 4.78 is 5.60. The van der Waals surface area contributed by atoms with E-state index in [0.717, 1.165) is 27.8 Å². The third-order valence-corrected chi connectivity index (χ3v) is 6.83. The summed E-state index contributed by atoms with van der Waals surface area (Å²) in [5, 5.41) is 27.8. The first-order valence-electron chi connectivity index (χ1n) is 11.8. The first-order chi connectivity index (χ1) is 17.0. The number of nitrogens with one attached hydrogen (secondary N) is 1. The molecule has 1 fully saturated rings. The Morgan fingerprint density at radius 3 is 2.17 bits per heavy atom. The number of aromatic nitrogens is 1. The number of aliphatic carboxylic acids is 1. The molecule has 1 aliphatic carbocycles. The molecule has 1 heterocycles. The van der Waals surface area contributed by atoms with E-state index < -0.39 is 17.5 Å². The van der Waals surface area contributed by atoms with Crippen molar-refractivity contribution in [3.63, 3.8) is 0 Å². The average Bonchev–Trinajstić information content (AvgIpc) is 3.61. The van der Waals surface area contributed by atoms with E-state index in [1.165, 1.54) is 0 Å². The number of hydrogen-bond acceptors (Lipinski definition) is 5. The van der Waals surface area contributed by atoms with Crippen molar-refractivity contribution in [1.82, 2.24) is 10.5 Å². The number of hydrogen-bond donors (Lipinski definition) is 3. The third kappa shape index (κ3) is 4.63. The third-order valence-electron chi connectivity index (χ3n) is 6.83. The molecule has 178 valence electrons. The second-order valence-corrected chi connectivity index (χ2v) is 9.19. The number of aryl methyl sites for hydroxylation is 1. The Morgan fingerprint density at radius 1 is 0.971 bits per heavy atom. The molecule has 1 aliphatic rings. The molecule has 0 amide bonds. The molecule has 0 bridgehead atoms. The van der Waals surface area contributed by atoms with E-state index in [0.29, 0.717) is 42.9 Å². The van der Waals surface area contributed by atoms with E-state index in [-0.39, 0.29) is 0 Å². The van der Waals surface area contributed by atoms with Crippen LogP contribution in [0.15, 0.2) is 83.4 Å². The van der Waals surface area contributed by atoms with Crippen molar-refractivity contribution < 1.29 is 19.5 Å². The molecule has 0 spiro atoms. The van der Waals surface area contributed by atoms with Gasteiger partial charge in [-0.25, -0.2) is 0 Å². The number of rotatable bonds is 9. The van der Waals surface area contributed by atoms with Crippen LogP contribution in [0.4, 0.5) is 0 Å². The number of aliphatic hydroxyl groups excluding tert-OH is 1. The number of carboxylic acid groups (broad SMARTS) is 1. The van der Waals surface area contributed by atoms with Crippen molar-refractivity contribution in [2.45, 2.75) is 37.8 Å². The van der Waals surface area contributed by atoms with Gasteiger partial charge in [0.15, 0.2) is 5.76 Å². The maximum absolute atomic E-state index is 11.6. The van der Waals surface area contributed by atoms with Gasteiger partial charge in [-0.05, 0) is 42.0 Å². The van der Waals surface area contributed by atoms with Gasteiger partial charge in [-0.1, -0.05) is 84.0 Å². The highest BCUT2D eigenvalue weighted by atomic mass is 16.5. The van der Waals surface area contributed by atoms with E-state index in [2.05, 4.69) is 10.5 Å². The summed E-state index contributed by atoms with van der Waals surface area (Å²) in [6.45, 7) is 2.88. The second kappa shape index (κ2) is 9.49. The Kier molecular flexibility index (Phi) is 6.24. The summed E-state index contributed by atoms with van der Waals surface area (Å²) in [6, 6.07) is 25.7. The number of benzene rings is 3. The lowest BCUT2D eigenvalue weighted by atomic mass is 9.93. The van der Waals surface area contributed by atoms with Crippen molar-refractivity contribution in [3.8, 4) is 22.5 Å². The second-order valence-electron chi connectivity index (χ2n) is 9.19. The monoisotopic (exact) mass is 468 g/mol. The zero-order valence-electron chi connectivity index (χ0n) is 19.6. The van der Waals surface area contributed by atoms with E-state index in [4.69, 9.17) is 4.52 Å². The molecule has 6 heteroatoms. The molecule has 0 radical (unpaired) electrons. The quantitative estimate of drug-likeness (QED) is 0.310. The molecule has 1 unspecified atom stereocenters. The molecule has 1 saturated carbocycles. The highest BCUT2D eigenvalue weighted by molar-refractivity contribution is 5.85. The molecule has 6 nitrogen and oxygen atoms in total. The fraction of sp³-hybridized carbons (Fsp3) is 0.241. The first kappa shape index (κ1) is 23.0. The molecule has 5 rings (SSSR count). The summed E-state index contributed by atoms with van der Waals surface area (Å²) in [4.78, 5) is 11.6. The van der Waals surface area contributed by atoms with Crippen LogP contribution < -0.4 is 5.32 Å². The predicted molar refractivity (Wildman–Crippen MR) is 134 cm³/mol. The van der Waals surface area contributed by atoms with Crippen LogP contribution in [0.25, 0.3) is 22.5 Å². The Labute approximate surface area is 204 Å². The standard InChI is InChI=1S/C29H28N2O4/c1-19-26(25(32)18-30-17-20-5-3-2-4-6-20)27(35-31-19)23-9-7-21(8-10-23)22-11-13-24(14-12-22)29(15-16-29)28(33)34/h2-14,25,30,32H,15-18H2,1H3,(H,33,34). The Morgan fingerprint density at radius 2 is 1.57 bits per heavy atom.